The van der Waals surface area contributed by atoms with Gasteiger partial charge in [0.15, 0.2) is 5.69 Å². The van der Waals surface area contributed by atoms with Gasteiger partial charge in [-0.3, -0.25) is 14.9 Å². The molecule has 2 heterocycles. The number of non-ortho nitro benzene ring substituents is 1. The maximum absolute atomic E-state index is 12.7. The molecule has 0 atom stereocenters. The number of ether oxygens (including phenoxy) is 1. The number of nitrogen functional groups attached to an aromatic ring is 1. The number of hydrazone groups is 1. The monoisotopic (exact) mass is 449 g/mol. The molecule has 2 aromatic carbocycles. The first kappa shape index (κ1) is 21.1. The first-order valence-corrected chi connectivity index (χ1v) is 9.31. The summed E-state index contributed by atoms with van der Waals surface area (Å²) in [7, 11) is 0. The first-order valence-electron chi connectivity index (χ1n) is 9.31. The molecule has 0 radical (unpaired) electrons. The number of rotatable bonds is 8. The van der Waals surface area contributed by atoms with Gasteiger partial charge < -0.3 is 10.5 Å². The fourth-order valence-electron chi connectivity index (χ4n) is 2.68. The lowest BCUT2D eigenvalue weighted by atomic mass is 10.2. The number of nitrogens with one attached hydrogen (secondary N) is 1. The number of hydrogen-bond acceptors (Lipinski definition) is 11. The summed E-state index contributed by atoms with van der Waals surface area (Å²) in [5.74, 6) is -0.133. The Morgan fingerprint density at radius 1 is 1.21 bits per heavy atom. The maximum Gasteiger partial charge on any atom is 0.293 e. The third kappa shape index (κ3) is 4.79. The Hall–Kier alpha value is -5.14. The quantitative estimate of drug-likeness (QED) is 0.226. The molecule has 0 saturated carbocycles. The Kier molecular flexibility index (Phi) is 5.97. The summed E-state index contributed by atoms with van der Waals surface area (Å²) >= 11 is 0. The Balaban J connectivity index is 1.54. The number of nitro benzene ring substituents is 1. The fraction of sp³-hybridized carbons (Fsp3) is 0.0526. The molecule has 0 fully saturated rings. The Bertz CT molecular complexity index is 1300. The number of para-hydroxylation sites is 1. The highest BCUT2D eigenvalue weighted by Gasteiger charge is 2.24. The first-order chi connectivity index (χ1) is 16.0. The predicted octanol–water partition coefficient (Wildman–Crippen LogP) is 1.48. The second-order valence-electron chi connectivity index (χ2n) is 6.42. The molecule has 0 bridgehead atoms. The molecule has 2 aromatic heterocycles. The zero-order valence-corrected chi connectivity index (χ0v) is 16.7. The highest BCUT2D eigenvalue weighted by atomic mass is 16.6. The summed E-state index contributed by atoms with van der Waals surface area (Å²) in [6.07, 6.45) is 1.33. The van der Waals surface area contributed by atoms with Gasteiger partial charge in [-0.2, -0.15) is 9.78 Å². The van der Waals surface area contributed by atoms with Gasteiger partial charge in [0.25, 0.3) is 11.6 Å². The van der Waals surface area contributed by atoms with Crippen LogP contribution in [0.15, 0.2) is 64.3 Å². The maximum atomic E-state index is 12.7. The van der Waals surface area contributed by atoms with Crippen LogP contribution in [0, 0.1) is 10.1 Å². The molecule has 33 heavy (non-hydrogen) atoms. The minimum atomic E-state index is -0.680. The van der Waals surface area contributed by atoms with E-state index in [9.17, 15) is 14.9 Å². The van der Waals surface area contributed by atoms with E-state index < -0.39 is 10.8 Å². The van der Waals surface area contributed by atoms with Gasteiger partial charge >= 0.3 is 0 Å². The third-order valence-corrected chi connectivity index (χ3v) is 4.28. The minimum absolute atomic E-state index is 0.0441. The average molecular weight is 449 g/mol. The topological polar surface area (TPSA) is 189 Å². The number of carbonyl (C=O) groups is 1. The van der Waals surface area contributed by atoms with Crippen LogP contribution in [-0.4, -0.2) is 42.4 Å². The lowest BCUT2D eigenvalue weighted by Crippen LogP contribution is -2.21. The van der Waals surface area contributed by atoms with Gasteiger partial charge in [0.1, 0.15) is 18.1 Å². The van der Waals surface area contributed by atoms with Crippen LogP contribution in [0.2, 0.25) is 0 Å². The van der Waals surface area contributed by atoms with E-state index in [-0.39, 0.29) is 35.3 Å². The van der Waals surface area contributed by atoms with E-state index in [1.165, 1.54) is 35.2 Å². The molecule has 0 unspecified atom stereocenters. The summed E-state index contributed by atoms with van der Waals surface area (Å²) in [6, 6.07) is 14.5. The third-order valence-electron chi connectivity index (χ3n) is 4.28. The lowest BCUT2D eigenvalue weighted by Gasteiger charge is -2.08. The number of nitrogens with zero attached hydrogens (tertiary/aromatic N) is 7. The van der Waals surface area contributed by atoms with E-state index in [4.69, 9.17) is 10.5 Å². The standard InChI is InChI=1S/C19H15N9O5/c20-17-18(25-33-24-17)27-15(11-32-14-4-2-1-3-5-14)16(22-26-27)19(29)23-21-10-12-6-8-13(9-7-12)28(30)31/h1-10H,11H2,(H2,20,24)(H,23,29)/b21-10+. The smallest absolute Gasteiger partial charge is 0.293 e. The van der Waals surface area contributed by atoms with Gasteiger partial charge in [0.05, 0.1) is 11.1 Å². The van der Waals surface area contributed by atoms with Crippen molar-refractivity contribution in [2.24, 2.45) is 5.10 Å². The number of nitrogens with two attached hydrogens (primary N) is 1. The zero-order chi connectivity index (χ0) is 23.2. The van der Waals surface area contributed by atoms with E-state index in [1.54, 1.807) is 24.3 Å². The molecule has 0 aliphatic rings. The Morgan fingerprint density at radius 2 is 1.97 bits per heavy atom. The number of anilines is 1. The van der Waals surface area contributed by atoms with E-state index >= 15 is 0 Å². The van der Waals surface area contributed by atoms with E-state index in [0.29, 0.717) is 11.3 Å². The van der Waals surface area contributed by atoms with Crippen molar-refractivity contribution < 1.29 is 19.1 Å². The van der Waals surface area contributed by atoms with Crippen LogP contribution in [0.1, 0.15) is 21.7 Å². The van der Waals surface area contributed by atoms with Crippen LogP contribution in [-0.2, 0) is 6.61 Å². The van der Waals surface area contributed by atoms with Crippen molar-refractivity contribution in [1.82, 2.24) is 30.7 Å². The lowest BCUT2D eigenvalue weighted by molar-refractivity contribution is -0.384. The molecule has 4 aromatic rings. The second kappa shape index (κ2) is 9.34. The van der Waals surface area contributed by atoms with Gasteiger partial charge in [-0.05, 0) is 40.1 Å². The van der Waals surface area contributed by atoms with E-state index in [0.717, 1.165) is 0 Å². The number of nitro groups is 1. The molecule has 166 valence electrons. The van der Waals surface area contributed by atoms with Crippen LogP contribution in [0.25, 0.3) is 5.82 Å². The molecule has 0 saturated heterocycles. The van der Waals surface area contributed by atoms with Crippen molar-refractivity contribution in [3.8, 4) is 11.6 Å². The van der Waals surface area contributed by atoms with Gasteiger partial charge in [-0.1, -0.05) is 23.4 Å². The van der Waals surface area contributed by atoms with Crippen molar-refractivity contribution in [3.05, 3.63) is 81.7 Å². The molecule has 0 aliphatic carbocycles. The number of carbonyl (C=O) groups excluding carboxylic acids is 1. The van der Waals surface area contributed by atoms with Crippen LogP contribution in [0.3, 0.4) is 0 Å². The highest BCUT2D eigenvalue weighted by Crippen LogP contribution is 2.18. The summed E-state index contributed by atoms with van der Waals surface area (Å²) < 4.78 is 11.5. The molecule has 14 nitrogen and oxygen atoms in total. The number of aromatic nitrogens is 5. The normalized spacial score (nSPS) is 10.9. The van der Waals surface area contributed by atoms with Crippen molar-refractivity contribution in [3.63, 3.8) is 0 Å². The Morgan fingerprint density at radius 3 is 2.64 bits per heavy atom. The molecule has 3 N–H and O–H groups in total. The van der Waals surface area contributed by atoms with Crippen LogP contribution in [0.4, 0.5) is 11.5 Å². The van der Waals surface area contributed by atoms with Gasteiger partial charge in [-0.25, -0.2) is 10.1 Å². The molecule has 0 aliphatic heterocycles. The van der Waals surface area contributed by atoms with E-state index in [2.05, 4.69) is 35.8 Å². The zero-order valence-electron chi connectivity index (χ0n) is 16.7. The Labute approximate surface area is 184 Å². The summed E-state index contributed by atoms with van der Waals surface area (Å²) in [6.45, 7) is -0.0991. The van der Waals surface area contributed by atoms with Crippen molar-refractivity contribution in [1.29, 1.82) is 0 Å². The van der Waals surface area contributed by atoms with Crippen LogP contribution < -0.4 is 15.9 Å². The van der Waals surface area contributed by atoms with Crippen molar-refractivity contribution >= 4 is 23.6 Å². The average Bonchev–Trinajstić information content (AvgIpc) is 3.44. The van der Waals surface area contributed by atoms with Crippen LogP contribution >= 0.6 is 0 Å². The largest absolute Gasteiger partial charge is 0.487 e. The number of benzene rings is 2. The summed E-state index contributed by atoms with van der Waals surface area (Å²) in [5.41, 5.74) is 8.70. The predicted molar refractivity (Wildman–Crippen MR) is 113 cm³/mol. The van der Waals surface area contributed by atoms with Crippen molar-refractivity contribution in [2.45, 2.75) is 6.61 Å². The van der Waals surface area contributed by atoms with Crippen LogP contribution in [0.5, 0.6) is 5.75 Å². The molecular formula is C19H15N9O5. The van der Waals surface area contributed by atoms with E-state index in [1.807, 2.05) is 6.07 Å². The minimum Gasteiger partial charge on any atom is -0.487 e. The van der Waals surface area contributed by atoms with Gasteiger partial charge in [0.2, 0.25) is 11.6 Å². The summed E-state index contributed by atoms with van der Waals surface area (Å²) in [5, 5.41) is 29.6. The van der Waals surface area contributed by atoms with Crippen molar-refractivity contribution in [2.75, 3.05) is 5.73 Å². The fourth-order valence-corrected chi connectivity index (χ4v) is 2.68. The molecule has 14 heteroatoms. The summed E-state index contributed by atoms with van der Waals surface area (Å²) in [4.78, 5) is 22.9. The second-order valence-corrected chi connectivity index (χ2v) is 6.42. The number of amides is 1. The molecule has 0 spiro atoms. The molecule has 1 amide bonds. The molecule has 4 rings (SSSR count). The SMILES string of the molecule is Nc1nonc1-n1nnc(C(=O)N/N=C/c2ccc([N+](=O)[O-])cc2)c1COc1ccccc1. The number of hydrogen-bond donors (Lipinski definition) is 2. The van der Waals surface area contributed by atoms with Gasteiger partial charge in [-0.15, -0.1) is 5.10 Å². The molecular weight excluding hydrogens is 434 g/mol. The highest BCUT2D eigenvalue weighted by molar-refractivity contribution is 5.94. The van der Waals surface area contributed by atoms with Gasteiger partial charge in [0, 0.05) is 12.1 Å².